The molecule has 4 aromatic heterocycles. The highest BCUT2D eigenvalue weighted by atomic mass is 35.5. The van der Waals surface area contributed by atoms with Crippen LogP contribution in [0.2, 0.25) is 10.0 Å². The van der Waals surface area contributed by atoms with E-state index in [1.54, 1.807) is 24.5 Å². The van der Waals surface area contributed by atoms with Crippen LogP contribution in [0.3, 0.4) is 0 Å². The number of carbonyl (C=O) groups excluding carboxylic acids is 1. The van der Waals surface area contributed by atoms with E-state index in [2.05, 4.69) is 25.3 Å². The minimum Gasteiger partial charge on any atom is -0.506 e. The number of halogens is 7. The van der Waals surface area contributed by atoms with Crippen molar-refractivity contribution in [3.8, 4) is 11.5 Å². The van der Waals surface area contributed by atoms with E-state index in [0.717, 1.165) is 52.2 Å². The number of aldehydes is 1. The molecule has 1 unspecified atom stereocenters. The summed E-state index contributed by atoms with van der Waals surface area (Å²) in [4.78, 5) is 25.9. The molecule has 8 aromatic rings. The molecule has 1 atom stereocenters. The van der Waals surface area contributed by atoms with Gasteiger partial charge in [0.15, 0.2) is 23.3 Å². The number of rotatable bonds is 5. The van der Waals surface area contributed by atoms with Gasteiger partial charge in [-0.2, -0.15) is 13.2 Å². The van der Waals surface area contributed by atoms with Crippen LogP contribution in [0, 0.1) is 18.6 Å². The quantitative estimate of drug-likeness (QED) is 0.0981. The third kappa shape index (κ3) is 11.8. The van der Waals surface area contributed by atoms with Crippen LogP contribution in [0.1, 0.15) is 38.7 Å². The van der Waals surface area contributed by atoms with Gasteiger partial charge in [0.2, 0.25) is 0 Å². The van der Waals surface area contributed by atoms with E-state index >= 15 is 0 Å². The fourth-order valence-corrected chi connectivity index (χ4v) is 5.69. The van der Waals surface area contributed by atoms with Crippen LogP contribution >= 0.6 is 23.2 Å². The summed E-state index contributed by atoms with van der Waals surface area (Å²) in [5.41, 5.74) is 8.22. The summed E-state index contributed by atoms with van der Waals surface area (Å²) in [6, 6.07) is 30.1. The van der Waals surface area contributed by atoms with Gasteiger partial charge in [0, 0.05) is 46.7 Å². The van der Waals surface area contributed by atoms with E-state index in [-0.39, 0.29) is 38.7 Å². The Morgan fingerprint density at radius 1 is 0.717 bits per heavy atom. The lowest BCUT2D eigenvalue weighted by Crippen LogP contribution is -2.15. The Morgan fingerprint density at radius 2 is 1.30 bits per heavy atom. The predicted octanol–water partition coefficient (Wildman–Crippen LogP) is 11.6. The molecule has 0 radical (unpaired) electrons. The molecule has 16 heteroatoms. The summed E-state index contributed by atoms with van der Waals surface area (Å²) in [6.07, 6.45) is 2.13. The van der Waals surface area contributed by atoms with Crippen molar-refractivity contribution in [1.29, 1.82) is 0 Å². The SMILES string of the molecule is Cc1ccc(C(Nc2ncc(Cl)cc2F)c2ccc3cccnc3c2O)cc1.Nc1ncc(Cl)cc1F.O=Cc1ccc(C(F)(F)F)cc1.Oc1cccc2cccnc12. The van der Waals surface area contributed by atoms with Gasteiger partial charge in [-0.15, -0.1) is 0 Å². The van der Waals surface area contributed by atoms with Crippen molar-refractivity contribution in [2.45, 2.75) is 19.1 Å². The van der Waals surface area contributed by atoms with E-state index in [0.29, 0.717) is 22.9 Å². The number of nitrogen functional groups attached to an aromatic ring is 1. The number of phenolic OH excluding ortho intramolecular Hbond substituents is 2. The fraction of sp³-hybridized carbons (Fsp3) is 0.0682. The van der Waals surface area contributed by atoms with Crippen LogP contribution in [-0.2, 0) is 6.18 Å². The second kappa shape index (κ2) is 20.2. The molecular weight excluding hydrogens is 826 g/mol. The highest BCUT2D eigenvalue weighted by molar-refractivity contribution is 6.30. The Hall–Kier alpha value is -6.90. The first kappa shape index (κ1) is 44.2. The molecule has 5 N–H and O–H groups in total. The largest absolute Gasteiger partial charge is 0.506 e. The Kier molecular flexibility index (Phi) is 14.9. The molecule has 4 aromatic carbocycles. The second-order valence-electron chi connectivity index (χ2n) is 12.7. The first-order valence-corrected chi connectivity index (χ1v) is 18.3. The number of benzene rings is 4. The number of nitrogens with two attached hydrogens (primary N) is 1. The zero-order valence-corrected chi connectivity index (χ0v) is 32.8. The topological polar surface area (TPSA) is 147 Å². The molecule has 0 amide bonds. The summed E-state index contributed by atoms with van der Waals surface area (Å²) in [7, 11) is 0. The minimum absolute atomic E-state index is 0.0468. The number of anilines is 2. The first-order chi connectivity index (χ1) is 28.6. The Bertz CT molecular complexity index is 2700. The summed E-state index contributed by atoms with van der Waals surface area (Å²) < 4.78 is 62.5. The van der Waals surface area contributed by atoms with Crippen molar-refractivity contribution in [2.75, 3.05) is 11.1 Å². The van der Waals surface area contributed by atoms with Gasteiger partial charge in [0.05, 0.1) is 21.7 Å². The number of aromatic hydroxyl groups is 2. The van der Waals surface area contributed by atoms with Gasteiger partial charge in [0.1, 0.15) is 28.8 Å². The molecule has 0 aliphatic carbocycles. The maximum Gasteiger partial charge on any atom is 0.416 e. The number of nitrogens with one attached hydrogen (secondary N) is 1. The highest BCUT2D eigenvalue weighted by Crippen LogP contribution is 2.37. The Labute approximate surface area is 350 Å². The van der Waals surface area contributed by atoms with Gasteiger partial charge >= 0.3 is 6.18 Å². The van der Waals surface area contributed by atoms with Crippen molar-refractivity contribution in [1.82, 2.24) is 19.9 Å². The summed E-state index contributed by atoms with van der Waals surface area (Å²) >= 11 is 11.2. The maximum atomic E-state index is 14.4. The predicted molar refractivity (Wildman–Crippen MR) is 223 cm³/mol. The van der Waals surface area contributed by atoms with Crippen LogP contribution in [0.5, 0.6) is 11.5 Å². The van der Waals surface area contributed by atoms with Gasteiger partial charge in [-0.25, -0.2) is 18.7 Å². The van der Waals surface area contributed by atoms with Gasteiger partial charge in [0.25, 0.3) is 0 Å². The summed E-state index contributed by atoms with van der Waals surface area (Å²) in [6.45, 7) is 1.99. The van der Waals surface area contributed by atoms with Crippen LogP contribution < -0.4 is 11.1 Å². The maximum absolute atomic E-state index is 14.4. The van der Waals surface area contributed by atoms with Gasteiger partial charge < -0.3 is 21.3 Å². The number of hydrogen-bond donors (Lipinski definition) is 4. The van der Waals surface area contributed by atoms with Gasteiger partial charge in [-0.3, -0.25) is 14.8 Å². The van der Waals surface area contributed by atoms with Crippen molar-refractivity contribution in [2.24, 2.45) is 0 Å². The molecular formula is C44H33Cl2F5N6O3. The lowest BCUT2D eigenvalue weighted by atomic mass is 9.95. The molecule has 306 valence electrons. The lowest BCUT2D eigenvalue weighted by Gasteiger charge is -2.22. The van der Waals surface area contributed by atoms with Crippen molar-refractivity contribution in [3.63, 3.8) is 0 Å². The van der Waals surface area contributed by atoms with Gasteiger partial charge in [-0.05, 0) is 55.0 Å². The number of hydrogen-bond acceptors (Lipinski definition) is 9. The normalized spacial score (nSPS) is 11.2. The van der Waals surface area contributed by atoms with Crippen LogP contribution in [0.4, 0.5) is 33.6 Å². The average Bonchev–Trinajstić information content (AvgIpc) is 3.24. The van der Waals surface area contributed by atoms with E-state index in [1.165, 1.54) is 18.5 Å². The van der Waals surface area contributed by atoms with Crippen molar-refractivity contribution >= 4 is 62.9 Å². The molecule has 0 spiro atoms. The number of alkyl halides is 3. The van der Waals surface area contributed by atoms with E-state index in [9.17, 15) is 37.0 Å². The van der Waals surface area contributed by atoms with Crippen molar-refractivity contribution < 1.29 is 37.0 Å². The molecule has 60 heavy (non-hydrogen) atoms. The zero-order chi connectivity index (χ0) is 43.4. The number of nitrogens with zero attached hydrogens (tertiary/aromatic N) is 4. The number of fused-ring (bicyclic) bond motifs is 2. The molecule has 4 heterocycles. The number of pyridine rings is 4. The Balaban J connectivity index is 0.000000175. The molecule has 8 rings (SSSR count). The number of aromatic nitrogens is 4. The third-order valence-electron chi connectivity index (χ3n) is 8.41. The van der Waals surface area contributed by atoms with Crippen molar-refractivity contribution in [3.05, 3.63) is 190 Å². The molecule has 9 nitrogen and oxygen atoms in total. The average molecular weight is 860 g/mol. The minimum atomic E-state index is -4.33. The number of phenols is 2. The molecule has 0 aliphatic rings. The van der Waals surface area contributed by atoms with Crippen LogP contribution in [0.15, 0.2) is 140 Å². The Morgan fingerprint density at radius 3 is 1.87 bits per heavy atom. The fourth-order valence-electron chi connectivity index (χ4n) is 5.40. The van der Waals surface area contributed by atoms with Crippen LogP contribution in [0.25, 0.3) is 21.8 Å². The molecule has 0 aliphatic heterocycles. The number of carbonyl (C=O) groups is 1. The van der Waals surface area contributed by atoms with E-state index in [4.69, 9.17) is 28.9 Å². The smallest absolute Gasteiger partial charge is 0.416 e. The first-order valence-electron chi connectivity index (χ1n) is 17.6. The van der Waals surface area contributed by atoms with E-state index in [1.807, 2.05) is 73.7 Å². The second-order valence-corrected chi connectivity index (χ2v) is 13.5. The molecule has 0 saturated carbocycles. The molecule has 0 fully saturated rings. The number of aryl methyl sites for hydroxylation is 1. The molecule has 0 bridgehead atoms. The van der Waals surface area contributed by atoms with E-state index < -0.39 is 29.4 Å². The van der Waals surface area contributed by atoms with Crippen LogP contribution in [-0.4, -0.2) is 36.4 Å². The number of para-hydroxylation sites is 1. The monoisotopic (exact) mass is 858 g/mol. The lowest BCUT2D eigenvalue weighted by molar-refractivity contribution is -0.137. The molecule has 0 saturated heterocycles. The standard InChI is InChI=1S/C22H17ClFN3O.C9H7NO.C8H5F3O.C5H4ClFN2/c1-13-4-6-15(7-5-13)19(27-22-18(24)11-16(23)12-26-22)17-9-8-14-3-2-10-25-20(14)21(17)28;11-8-5-1-3-7-4-2-6-10-9(7)8;9-8(10,11)7-3-1-6(5-12)2-4-7;6-3-1-4(7)5(8)9-2-3/h2-12,19,28H,1H3,(H,26,27);1-6,11H;1-5H;1-2H,(H2,8,9). The highest BCUT2D eigenvalue weighted by Gasteiger charge is 2.30. The zero-order valence-electron chi connectivity index (χ0n) is 31.2. The third-order valence-corrected chi connectivity index (χ3v) is 8.82. The van der Waals surface area contributed by atoms with Gasteiger partial charge in [-0.1, -0.05) is 102 Å². The summed E-state index contributed by atoms with van der Waals surface area (Å²) in [5, 5.41) is 25.6. The summed E-state index contributed by atoms with van der Waals surface area (Å²) in [5.74, 6) is -0.936.